The summed E-state index contributed by atoms with van der Waals surface area (Å²) in [6.45, 7) is 3.31. The fourth-order valence-electron chi connectivity index (χ4n) is 4.74. The van der Waals surface area contributed by atoms with Gasteiger partial charge in [0.1, 0.15) is 17.3 Å². The monoisotopic (exact) mass is 445 g/mol. The molecule has 0 saturated carbocycles. The number of nitrogens with zero attached hydrogens (tertiary/aromatic N) is 4. The van der Waals surface area contributed by atoms with Crippen molar-refractivity contribution in [3.05, 3.63) is 87.4 Å². The van der Waals surface area contributed by atoms with Crippen LogP contribution in [0.2, 0.25) is 0 Å². The molecule has 33 heavy (non-hydrogen) atoms. The van der Waals surface area contributed by atoms with Crippen molar-refractivity contribution in [2.75, 3.05) is 26.7 Å². The van der Waals surface area contributed by atoms with Gasteiger partial charge in [0.25, 0.3) is 11.5 Å². The number of rotatable bonds is 5. The standard InChI is InChI=1S/C25H27N5O3/c1-33-22-8-3-2-6-17(22)14-29-12-10-19-21(16-29)27-23(28-24(19)31)18-9-13-30(15-18)25(32)20-7-4-5-11-26-20/h2-8,11,18H,9-10,12-16H2,1H3,(H,27,28,31). The van der Waals surface area contributed by atoms with Crippen LogP contribution in [0.4, 0.5) is 0 Å². The van der Waals surface area contributed by atoms with E-state index in [-0.39, 0.29) is 17.4 Å². The number of methoxy groups -OCH3 is 1. The van der Waals surface area contributed by atoms with Gasteiger partial charge < -0.3 is 14.6 Å². The maximum atomic E-state index is 12.8. The Morgan fingerprint density at radius 3 is 2.85 bits per heavy atom. The van der Waals surface area contributed by atoms with E-state index in [0.29, 0.717) is 37.6 Å². The third-order valence-corrected chi connectivity index (χ3v) is 6.50. The largest absolute Gasteiger partial charge is 0.496 e. The molecule has 3 aromatic rings. The number of H-pyrrole nitrogens is 1. The first kappa shape index (κ1) is 21.3. The number of amides is 1. The van der Waals surface area contributed by atoms with Crippen molar-refractivity contribution in [1.29, 1.82) is 0 Å². The van der Waals surface area contributed by atoms with Gasteiger partial charge in [-0.05, 0) is 31.0 Å². The first-order valence-electron chi connectivity index (χ1n) is 11.3. The number of pyridine rings is 1. The summed E-state index contributed by atoms with van der Waals surface area (Å²) in [6, 6.07) is 13.3. The first-order chi connectivity index (χ1) is 16.1. The van der Waals surface area contributed by atoms with Gasteiger partial charge in [-0.15, -0.1) is 0 Å². The Kier molecular flexibility index (Phi) is 5.92. The highest BCUT2D eigenvalue weighted by molar-refractivity contribution is 5.92. The SMILES string of the molecule is COc1ccccc1CN1CCc2c(nc(C3CCN(C(=O)c4ccccn4)C3)[nH]c2=O)C1. The van der Waals surface area contributed by atoms with E-state index < -0.39 is 0 Å². The highest BCUT2D eigenvalue weighted by Gasteiger charge is 2.31. The number of nitrogens with one attached hydrogen (secondary N) is 1. The Labute approximate surface area is 192 Å². The molecule has 170 valence electrons. The van der Waals surface area contributed by atoms with Gasteiger partial charge in [-0.3, -0.25) is 19.5 Å². The summed E-state index contributed by atoms with van der Waals surface area (Å²) >= 11 is 0. The van der Waals surface area contributed by atoms with E-state index in [4.69, 9.17) is 9.72 Å². The minimum absolute atomic E-state index is 0.0141. The molecule has 0 radical (unpaired) electrons. The highest BCUT2D eigenvalue weighted by Crippen LogP contribution is 2.27. The smallest absolute Gasteiger partial charge is 0.272 e. The molecule has 1 atom stereocenters. The molecule has 1 N–H and O–H groups in total. The summed E-state index contributed by atoms with van der Waals surface area (Å²) in [7, 11) is 1.68. The van der Waals surface area contributed by atoms with Gasteiger partial charge in [0.2, 0.25) is 0 Å². The van der Waals surface area contributed by atoms with Crippen molar-refractivity contribution in [2.24, 2.45) is 0 Å². The Balaban J connectivity index is 1.32. The number of likely N-dealkylation sites (tertiary alicyclic amines) is 1. The highest BCUT2D eigenvalue weighted by atomic mass is 16.5. The maximum Gasteiger partial charge on any atom is 0.272 e. The van der Waals surface area contributed by atoms with E-state index in [1.165, 1.54) is 0 Å². The molecular weight excluding hydrogens is 418 g/mol. The number of aromatic amines is 1. The molecule has 8 heteroatoms. The predicted molar refractivity (Wildman–Crippen MR) is 123 cm³/mol. The fourth-order valence-corrected chi connectivity index (χ4v) is 4.74. The second-order valence-electron chi connectivity index (χ2n) is 8.60. The number of hydrogen-bond acceptors (Lipinski definition) is 6. The summed E-state index contributed by atoms with van der Waals surface area (Å²) in [5, 5.41) is 0. The van der Waals surface area contributed by atoms with E-state index in [1.807, 2.05) is 24.3 Å². The zero-order chi connectivity index (χ0) is 22.8. The van der Waals surface area contributed by atoms with E-state index in [0.717, 1.165) is 42.1 Å². The lowest BCUT2D eigenvalue weighted by molar-refractivity contribution is 0.0784. The lowest BCUT2D eigenvalue weighted by Crippen LogP contribution is -2.36. The molecule has 0 bridgehead atoms. The minimum atomic E-state index is -0.0820. The lowest BCUT2D eigenvalue weighted by atomic mass is 10.0. The Morgan fingerprint density at radius 1 is 1.18 bits per heavy atom. The topological polar surface area (TPSA) is 91.4 Å². The van der Waals surface area contributed by atoms with E-state index >= 15 is 0 Å². The molecule has 0 spiro atoms. The summed E-state index contributed by atoms with van der Waals surface area (Å²) in [6.07, 6.45) is 3.06. The molecule has 0 aliphatic carbocycles. The third kappa shape index (κ3) is 4.39. The molecule has 2 aliphatic heterocycles. The van der Waals surface area contributed by atoms with E-state index in [2.05, 4.69) is 20.9 Å². The summed E-state index contributed by atoms with van der Waals surface area (Å²) in [4.78, 5) is 41.7. The summed E-state index contributed by atoms with van der Waals surface area (Å²) < 4.78 is 5.49. The molecule has 4 heterocycles. The minimum Gasteiger partial charge on any atom is -0.496 e. The molecule has 8 nitrogen and oxygen atoms in total. The predicted octanol–water partition coefficient (Wildman–Crippen LogP) is 2.36. The molecule has 1 saturated heterocycles. The van der Waals surface area contributed by atoms with E-state index in [9.17, 15) is 9.59 Å². The van der Waals surface area contributed by atoms with Crippen LogP contribution in [-0.2, 0) is 19.5 Å². The zero-order valence-electron chi connectivity index (χ0n) is 18.7. The number of aromatic nitrogens is 3. The van der Waals surface area contributed by atoms with Crippen molar-refractivity contribution in [3.8, 4) is 5.75 Å². The normalized spacial score (nSPS) is 18.2. The number of para-hydroxylation sites is 1. The lowest BCUT2D eigenvalue weighted by Gasteiger charge is -2.28. The number of fused-ring (bicyclic) bond motifs is 1. The van der Waals surface area contributed by atoms with E-state index in [1.54, 1.807) is 30.3 Å². The molecule has 5 rings (SSSR count). The Bertz CT molecular complexity index is 1210. The van der Waals surface area contributed by atoms with Gasteiger partial charge in [-0.1, -0.05) is 24.3 Å². The van der Waals surface area contributed by atoms with Crippen LogP contribution in [0.5, 0.6) is 5.75 Å². The van der Waals surface area contributed by atoms with Crippen LogP contribution < -0.4 is 10.3 Å². The molecule has 1 amide bonds. The van der Waals surface area contributed by atoms with Crippen LogP contribution in [0.3, 0.4) is 0 Å². The van der Waals surface area contributed by atoms with Crippen molar-refractivity contribution in [2.45, 2.75) is 31.8 Å². The second kappa shape index (κ2) is 9.15. The number of benzene rings is 1. The summed E-state index contributed by atoms with van der Waals surface area (Å²) in [5.41, 5.74) is 3.12. The average molecular weight is 446 g/mol. The first-order valence-corrected chi connectivity index (χ1v) is 11.3. The Hall–Kier alpha value is -3.52. The van der Waals surface area contributed by atoms with Crippen molar-refractivity contribution in [3.63, 3.8) is 0 Å². The molecule has 1 fully saturated rings. The Morgan fingerprint density at radius 2 is 2.03 bits per heavy atom. The molecule has 2 aliphatic rings. The van der Waals surface area contributed by atoms with Gasteiger partial charge in [0, 0.05) is 56.0 Å². The van der Waals surface area contributed by atoms with Crippen LogP contribution >= 0.6 is 0 Å². The van der Waals surface area contributed by atoms with Gasteiger partial charge in [-0.25, -0.2) is 4.98 Å². The van der Waals surface area contributed by atoms with Crippen molar-refractivity contribution in [1.82, 2.24) is 24.8 Å². The van der Waals surface area contributed by atoms with Crippen LogP contribution in [0.15, 0.2) is 53.5 Å². The van der Waals surface area contributed by atoms with Crippen LogP contribution in [0.25, 0.3) is 0 Å². The van der Waals surface area contributed by atoms with Crippen LogP contribution in [0, 0.1) is 0 Å². The van der Waals surface area contributed by atoms with Gasteiger partial charge in [-0.2, -0.15) is 0 Å². The van der Waals surface area contributed by atoms with Crippen molar-refractivity contribution < 1.29 is 9.53 Å². The third-order valence-electron chi connectivity index (χ3n) is 6.50. The number of hydrogen-bond donors (Lipinski definition) is 1. The number of carbonyl (C=O) groups excluding carboxylic acids is 1. The maximum absolute atomic E-state index is 12.8. The van der Waals surface area contributed by atoms with Gasteiger partial charge in [0.05, 0.1) is 12.8 Å². The second-order valence-corrected chi connectivity index (χ2v) is 8.60. The molecule has 2 aromatic heterocycles. The quantitative estimate of drug-likeness (QED) is 0.648. The molecular formula is C25H27N5O3. The van der Waals surface area contributed by atoms with Gasteiger partial charge >= 0.3 is 0 Å². The molecule has 1 aromatic carbocycles. The van der Waals surface area contributed by atoms with Crippen molar-refractivity contribution >= 4 is 5.91 Å². The average Bonchev–Trinajstić information content (AvgIpc) is 3.35. The molecule has 1 unspecified atom stereocenters. The zero-order valence-corrected chi connectivity index (χ0v) is 18.7. The van der Waals surface area contributed by atoms with Crippen LogP contribution in [-0.4, -0.2) is 57.4 Å². The fraction of sp³-hybridized carbons (Fsp3) is 0.360. The summed E-state index contributed by atoms with van der Waals surface area (Å²) in [5.74, 6) is 1.47. The van der Waals surface area contributed by atoms with Crippen LogP contribution in [0.1, 0.15) is 45.5 Å². The van der Waals surface area contributed by atoms with Gasteiger partial charge in [0.15, 0.2) is 0 Å². The number of carbonyl (C=O) groups is 1. The number of ether oxygens (including phenoxy) is 1.